The quantitative estimate of drug-likeness (QED) is 0.305. The lowest BCUT2D eigenvalue weighted by Crippen LogP contribution is -2.27. The second-order valence-corrected chi connectivity index (χ2v) is 8.74. The van der Waals surface area contributed by atoms with Gasteiger partial charge in [-0.2, -0.15) is 0 Å². The molecule has 2 aromatic heterocycles. The van der Waals surface area contributed by atoms with Gasteiger partial charge in [0.25, 0.3) is 5.91 Å². The molecule has 0 saturated heterocycles. The summed E-state index contributed by atoms with van der Waals surface area (Å²) in [6.07, 6.45) is 5.58. The van der Waals surface area contributed by atoms with Crippen LogP contribution in [0.4, 0.5) is 0 Å². The van der Waals surface area contributed by atoms with Crippen molar-refractivity contribution in [3.05, 3.63) is 126 Å². The Labute approximate surface area is 208 Å². The number of nitrogens with one attached hydrogen (secondary N) is 1. The Hall–Kier alpha value is -4.71. The van der Waals surface area contributed by atoms with Gasteiger partial charge in [0.15, 0.2) is 0 Å². The monoisotopic (exact) mass is 475 g/mol. The number of para-hydroxylation sites is 1. The van der Waals surface area contributed by atoms with Gasteiger partial charge in [-0.1, -0.05) is 48.5 Å². The van der Waals surface area contributed by atoms with Gasteiger partial charge in [-0.05, 0) is 65.6 Å². The summed E-state index contributed by atoms with van der Waals surface area (Å²) in [5.41, 5.74) is 5.91. The van der Waals surface area contributed by atoms with Crippen molar-refractivity contribution in [2.45, 2.75) is 19.5 Å². The van der Waals surface area contributed by atoms with Crippen LogP contribution in [0.25, 0.3) is 22.0 Å². The average Bonchev–Trinajstić information content (AvgIpc) is 3.32. The Kier molecular flexibility index (Phi) is 6.33. The summed E-state index contributed by atoms with van der Waals surface area (Å²) in [7, 11) is 0. The fraction of sp³-hybridized carbons (Fsp3) is 0.100. The molecule has 36 heavy (non-hydrogen) atoms. The van der Waals surface area contributed by atoms with E-state index in [2.05, 4.69) is 39.1 Å². The van der Waals surface area contributed by atoms with Gasteiger partial charge < -0.3 is 15.0 Å². The Bertz CT molecular complexity index is 1520. The minimum atomic E-state index is -0.974. The molecule has 0 aliphatic heterocycles. The third-order valence-corrected chi connectivity index (χ3v) is 6.36. The van der Waals surface area contributed by atoms with Gasteiger partial charge in [-0.3, -0.25) is 9.78 Å². The molecule has 5 aromatic rings. The lowest BCUT2D eigenvalue weighted by molar-refractivity contribution is 0.0696. The number of carboxylic acids is 1. The highest BCUT2D eigenvalue weighted by Crippen LogP contribution is 2.24. The first-order valence-electron chi connectivity index (χ1n) is 11.7. The highest BCUT2D eigenvalue weighted by molar-refractivity contribution is 6.06. The Morgan fingerprint density at radius 3 is 2.28 bits per heavy atom. The maximum absolute atomic E-state index is 13.3. The van der Waals surface area contributed by atoms with Crippen molar-refractivity contribution in [2.75, 3.05) is 0 Å². The van der Waals surface area contributed by atoms with Crippen molar-refractivity contribution in [1.29, 1.82) is 0 Å². The Balaban J connectivity index is 1.37. The summed E-state index contributed by atoms with van der Waals surface area (Å²) < 4.78 is 2.10. The molecule has 1 amide bonds. The third-order valence-electron chi connectivity index (χ3n) is 6.36. The molecule has 0 spiro atoms. The van der Waals surface area contributed by atoms with Crippen molar-refractivity contribution >= 4 is 22.8 Å². The molecule has 178 valence electrons. The summed E-state index contributed by atoms with van der Waals surface area (Å²) in [5, 5.41) is 13.2. The van der Waals surface area contributed by atoms with E-state index in [1.165, 1.54) is 0 Å². The van der Waals surface area contributed by atoms with Crippen LogP contribution in [-0.2, 0) is 6.54 Å². The number of nitrogens with zero attached hydrogens (tertiary/aromatic N) is 2. The van der Waals surface area contributed by atoms with Gasteiger partial charge in [-0.15, -0.1) is 0 Å². The lowest BCUT2D eigenvalue weighted by Gasteiger charge is -2.16. The molecule has 0 aliphatic carbocycles. The zero-order valence-corrected chi connectivity index (χ0v) is 19.8. The second kappa shape index (κ2) is 9.88. The number of carbonyl (C=O) groups is 2. The summed E-state index contributed by atoms with van der Waals surface area (Å²) in [6, 6.07) is 26.4. The molecule has 5 rings (SSSR count). The summed E-state index contributed by atoms with van der Waals surface area (Å²) in [6.45, 7) is 2.52. The highest BCUT2D eigenvalue weighted by atomic mass is 16.4. The molecule has 0 radical (unpaired) electrons. The summed E-state index contributed by atoms with van der Waals surface area (Å²) in [4.78, 5) is 28.5. The van der Waals surface area contributed by atoms with Crippen LogP contribution in [0.5, 0.6) is 0 Å². The van der Waals surface area contributed by atoms with E-state index >= 15 is 0 Å². The number of carbonyl (C=O) groups excluding carboxylic acids is 1. The van der Waals surface area contributed by atoms with Crippen molar-refractivity contribution in [2.24, 2.45) is 0 Å². The molecule has 0 unspecified atom stereocenters. The number of pyridine rings is 1. The molecule has 1 atom stereocenters. The fourth-order valence-electron chi connectivity index (χ4n) is 4.39. The largest absolute Gasteiger partial charge is 0.478 e. The van der Waals surface area contributed by atoms with Crippen molar-refractivity contribution in [1.82, 2.24) is 14.9 Å². The molecular formula is C30H25N3O3. The maximum atomic E-state index is 13.3. The number of aromatic nitrogens is 2. The normalized spacial score (nSPS) is 11.8. The number of hydrogen-bond acceptors (Lipinski definition) is 3. The van der Waals surface area contributed by atoms with Gasteiger partial charge in [0.2, 0.25) is 0 Å². The number of aromatic carboxylic acids is 1. The standard InChI is InChI=1S/C30H25N3O3/c1-20(22-9-11-26(12-10-22)30(35)36)32-29(34)27-4-2-3-25-15-18-33(28(25)27)19-21-5-7-23(8-6-21)24-13-16-31-17-14-24/h2-18,20H,19H2,1H3,(H,32,34)(H,35,36)/t20-/m0/s1. The minimum Gasteiger partial charge on any atom is -0.478 e. The lowest BCUT2D eigenvalue weighted by atomic mass is 10.0. The number of fused-ring (bicyclic) bond motifs is 1. The van der Waals surface area contributed by atoms with E-state index < -0.39 is 5.97 Å². The Morgan fingerprint density at radius 2 is 1.58 bits per heavy atom. The number of rotatable bonds is 7. The molecule has 3 aromatic carbocycles. The van der Waals surface area contributed by atoms with Gasteiger partial charge in [0.1, 0.15) is 0 Å². The van der Waals surface area contributed by atoms with Gasteiger partial charge in [0, 0.05) is 30.5 Å². The predicted octanol–water partition coefficient (Wildman–Crippen LogP) is 5.94. The zero-order valence-electron chi connectivity index (χ0n) is 19.8. The number of benzene rings is 3. The van der Waals surface area contributed by atoms with Gasteiger partial charge in [-0.25, -0.2) is 4.79 Å². The first-order valence-corrected chi connectivity index (χ1v) is 11.7. The van der Waals surface area contributed by atoms with Crippen LogP contribution >= 0.6 is 0 Å². The van der Waals surface area contributed by atoms with Crippen LogP contribution in [0.15, 0.2) is 104 Å². The van der Waals surface area contributed by atoms with E-state index in [1.807, 2.05) is 49.5 Å². The smallest absolute Gasteiger partial charge is 0.335 e. The molecule has 2 N–H and O–H groups in total. The summed E-state index contributed by atoms with van der Waals surface area (Å²) >= 11 is 0. The van der Waals surface area contributed by atoms with E-state index in [-0.39, 0.29) is 17.5 Å². The van der Waals surface area contributed by atoms with E-state index in [4.69, 9.17) is 5.11 Å². The van der Waals surface area contributed by atoms with Crippen LogP contribution in [0.1, 0.15) is 44.8 Å². The first-order chi connectivity index (χ1) is 17.5. The van der Waals surface area contributed by atoms with E-state index in [0.29, 0.717) is 12.1 Å². The van der Waals surface area contributed by atoms with Crippen LogP contribution in [0, 0.1) is 0 Å². The number of hydrogen-bond donors (Lipinski definition) is 2. The Morgan fingerprint density at radius 1 is 0.889 bits per heavy atom. The molecule has 6 nitrogen and oxygen atoms in total. The summed E-state index contributed by atoms with van der Waals surface area (Å²) in [5.74, 6) is -1.15. The zero-order chi connectivity index (χ0) is 25.1. The number of amides is 1. The molecule has 0 aliphatic rings. The molecule has 6 heteroatoms. The average molecular weight is 476 g/mol. The van der Waals surface area contributed by atoms with Crippen LogP contribution < -0.4 is 5.32 Å². The molecule has 2 heterocycles. The van der Waals surface area contributed by atoms with Crippen LogP contribution in [0.2, 0.25) is 0 Å². The first kappa shape index (κ1) is 23.1. The second-order valence-electron chi connectivity index (χ2n) is 8.74. The van der Waals surface area contributed by atoms with Crippen molar-refractivity contribution in [3.63, 3.8) is 0 Å². The molecule has 0 saturated carbocycles. The minimum absolute atomic E-state index is 0.177. The van der Waals surface area contributed by atoms with Gasteiger partial charge >= 0.3 is 5.97 Å². The maximum Gasteiger partial charge on any atom is 0.335 e. The predicted molar refractivity (Wildman–Crippen MR) is 140 cm³/mol. The molecule has 0 fully saturated rings. The fourth-order valence-corrected chi connectivity index (χ4v) is 4.39. The van der Waals surface area contributed by atoms with Crippen LogP contribution in [-0.4, -0.2) is 26.5 Å². The van der Waals surface area contributed by atoms with E-state index in [9.17, 15) is 9.59 Å². The van der Waals surface area contributed by atoms with Crippen LogP contribution in [0.3, 0.4) is 0 Å². The molecule has 0 bridgehead atoms. The van der Waals surface area contributed by atoms with E-state index in [0.717, 1.165) is 33.2 Å². The van der Waals surface area contributed by atoms with Gasteiger partial charge in [0.05, 0.1) is 22.7 Å². The van der Waals surface area contributed by atoms with Crippen molar-refractivity contribution < 1.29 is 14.7 Å². The highest BCUT2D eigenvalue weighted by Gasteiger charge is 2.17. The topological polar surface area (TPSA) is 84.2 Å². The van der Waals surface area contributed by atoms with E-state index in [1.54, 1.807) is 36.7 Å². The molecular weight excluding hydrogens is 450 g/mol. The van der Waals surface area contributed by atoms with Crippen molar-refractivity contribution in [3.8, 4) is 11.1 Å². The number of carboxylic acid groups (broad SMARTS) is 1. The SMILES string of the molecule is C[C@H](NC(=O)c1cccc2ccn(Cc3ccc(-c4ccncc4)cc3)c12)c1ccc(C(=O)O)cc1. The third kappa shape index (κ3) is 4.74.